The van der Waals surface area contributed by atoms with E-state index in [4.69, 9.17) is 0 Å². The number of amides is 1. The zero-order valence-corrected chi connectivity index (χ0v) is 18.0. The van der Waals surface area contributed by atoms with Gasteiger partial charge in [0.15, 0.2) is 0 Å². The summed E-state index contributed by atoms with van der Waals surface area (Å²) >= 11 is 0. The summed E-state index contributed by atoms with van der Waals surface area (Å²) in [7, 11) is 1.77. The molecule has 2 heterocycles. The van der Waals surface area contributed by atoms with Crippen molar-refractivity contribution in [2.75, 3.05) is 13.6 Å². The van der Waals surface area contributed by atoms with Gasteiger partial charge in [0.2, 0.25) is 5.91 Å². The molecule has 0 aliphatic rings. The lowest BCUT2D eigenvalue weighted by atomic mass is 10.1. The number of hydrogen-bond acceptors (Lipinski definition) is 3. The molecule has 6 heteroatoms. The molecule has 6 nitrogen and oxygen atoms in total. The van der Waals surface area contributed by atoms with E-state index in [9.17, 15) is 9.59 Å². The monoisotopic (exact) mass is 394 g/mol. The van der Waals surface area contributed by atoms with Crippen LogP contribution in [0.25, 0.3) is 10.8 Å². The smallest absolute Gasteiger partial charge is 0.276 e. The molecule has 0 unspecified atom stereocenters. The minimum atomic E-state index is -0.206. The van der Waals surface area contributed by atoms with Crippen molar-refractivity contribution in [1.82, 2.24) is 19.2 Å². The van der Waals surface area contributed by atoms with Gasteiger partial charge in [-0.25, -0.2) is 4.68 Å². The highest BCUT2D eigenvalue weighted by atomic mass is 16.2. The van der Waals surface area contributed by atoms with Crippen molar-refractivity contribution in [3.63, 3.8) is 0 Å². The first-order valence-corrected chi connectivity index (χ1v) is 10.2. The first-order chi connectivity index (χ1) is 13.8. The topological polar surface area (TPSA) is 60.1 Å². The van der Waals surface area contributed by atoms with Crippen LogP contribution in [-0.2, 0) is 17.9 Å². The molecular formula is C23H30N4O2. The maximum Gasteiger partial charge on any atom is 0.276 e. The van der Waals surface area contributed by atoms with Crippen LogP contribution in [0.1, 0.15) is 42.3 Å². The van der Waals surface area contributed by atoms with Crippen LogP contribution in [0, 0.1) is 20.8 Å². The van der Waals surface area contributed by atoms with E-state index in [0.717, 1.165) is 29.6 Å². The molecule has 1 aromatic carbocycles. The fraction of sp³-hybridized carbons (Fsp3) is 0.435. The molecule has 0 saturated heterocycles. The fourth-order valence-electron chi connectivity index (χ4n) is 3.64. The summed E-state index contributed by atoms with van der Waals surface area (Å²) < 4.78 is 3.44. The van der Waals surface area contributed by atoms with Crippen LogP contribution in [0.4, 0.5) is 0 Å². The molecule has 0 spiro atoms. The van der Waals surface area contributed by atoms with Crippen LogP contribution in [0.2, 0.25) is 0 Å². The van der Waals surface area contributed by atoms with Crippen LogP contribution < -0.4 is 5.56 Å². The summed E-state index contributed by atoms with van der Waals surface area (Å²) in [5.74, 6) is -0.0964. The molecule has 0 saturated carbocycles. The molecule has 3 aromatic rings. The second-order valence-corrected chi connectivity index (χ2v) is 7.81. The van der Waals surface area contributed by atoms with Crippen molar-refractivity contribution in [3.8, 4) is 0 Å². The third kappa shape index (κ3) is 4.26. The molecule has 0 atom stereocenters. The second-order valence-electron chi connectivity index (χ2n) is 7.81. The summed E-state index contributed by atoms with van der Waals surface area (Å²) in [5, 5.41) is 5.78. The van der Waals surface area contributed by atoms with E-state index in [0.29, 0.717) is 18.5 Å². The minimum absolute atomic E-state index is 0.0311. The Morgan fingerprint density at radius 2 is 1.79 bits per heavy atom. The number of rotatable bonds is 7. The molecule has 0 N–H and O–H groups in total. The van der Waals surface area contributed by atoms with Gasteiger partial charge in [-0.05, 0) is 32.8 Å². The number of nitrogens with zero attached hydrogens (tertiary/aromatic N) is 4. The lowest BCUT2D eigenvalue weighted by Crippen LogP contribution is -2.35. The first-order valence-electron chi connectivity index (χ1n) is 10.2. The fourth-order valence-corrected chi connectivity index (χ4v) is 3.64. The summed E-state index contributed by atoms with van der Waals surface area (Å²) in [6, 6.07) is 8.41. The number of likely N-dealkylation sites (N-methyl/N-ethyl adjacent to an activating group) is 1. The third-order valence-corrected chi connectivity index (χ3v) is 5.62. The average molecular weight is 395 g/mol. The minimum Gasteiger partial charge on any atom is -0.344 e. The molecule has 154 valence electrons. The largest absolute Gasteiger partial charge is 0.344 e. The predicted molar refractivity (Wildman–Crippen MR) is 116 cm³/mol. The summed E-state index contributed by atoms with van der Waals surface area (Å²) in [6.45, 7) is 9.49. The Bertz CT molecular complexity index is 1080. The Morgan fingerprint density at radius 3 is 2.45 bits per heavy atom. The van der Waals surface area contributed by atoms with Gasteiger partial charge in [-0.3, -0.25) is 9.59 Å². The highest BCUT2D eigenvalue weighted by Gasteiger charge is 2.18. The van der Waals surface area contributed by atoms with Gasteiger partial charge < -0.3 is 9.47 Å². The Labute approximate surface area is 171 Å². The Hall–Kier alpha value is -2.89. The zero-order valence-electron chi connectivity index (χ0n) is 18.0. The predicted octanol–water partition coefficient (Wildman–Crippen LogP) is 3.43. The van der Waals surface area contributed by atoms with Crippen LogP contribution in [0.15, 0.2) is 35.3 Å². The van der Waals surface area contributed by atoms with Gasteiger partial charge in [0.25, 0.3) is 5.56 Å². The zero-order chi connectivity index (χ0) is 21.1. The number of aromatic nitrogens is 3. The van der Waals surface area contributed by atoms with Gasteiger partial charge in [0.1, 0.15) is 6.54 Å². The van der Waals surface area contributed by atoms with Gasteiger partial charge in [-0.15, -0.1) is 0 Å². The van der Waals surface area contributed by atoms with Crippen molar-refractivity contribution < 1.29 is 4.79 Å². The van der Waals surface area contributed by atoms with Crippen molar-refractivity contribution >= 4 is 16.7 Å². The SMILES string of the molecule is CCCCN(C)C(=O)Cn1ncc2c(C)n(Cc3ccc(C)cc3)c(C)c2c1=O. The second kappa shape index (κ2) is 8.64. The van der Waals surface area contributed by atoms with E-state index in [1.54, 1.807) is 18.1 Å². The van der Waals surface area contributed by atoms with Crippen LogP contribution in [-0.4, -0.2) is 38.7 Å². The number of carbonyl (C=O) groups excluding carboxylic acids is 1. The highest BCUT2D eigenvalue weighted by molar-refractivity contribution is 5.87. The molecule has 3 rings (SSSR count). The Balaban J connectivity index is 1.94. The number of unbranched alkanes of at least 4 members (excludes halogenated alkanes) is 1. The molecule has 2 aromatic heterocycles. The Kier molecular flexibility index (Phi) is 6.20. The molecule has 29 heavy (non-hydrogen) atoms. The number of benzene rings is 1. The molecular weight excluding hydrogens is 364 g/mol. The van der Waals surface area contributed by atoms with E-state index < -0.39 is 0 Å². The van der Waals surface area contributed by atoms with E-state index in [1.807, 2.05) is 13.8 Å². The summed E-state index contributed by atoms with van der Waals surface area (Å²) in [4.78, 5) is 27.2. The van der Waals surface area contributed by atoms with E-state index in [-0.39, 0.29) is 18.0 Å². The highest BCUT2D eigenvalue weighted by Crippen LogP contribution is 2.23. The lowest BCUT2D eigenvalue weighted by molar-refractivity contribution is -0.130. The molecule has 0 aliphatic carbocycles. The molecule has 0 radical (unpaired) electrons. The third-order valence-electron chi connectivity index (χ3n) is 5.62. The first kappa shape index (κ1) is 20.8. The normalized spacial score (nSPS) is 11.2. The number of hydrogen-bond donors (Lipinski definition) is 0. The Morgan fingerprint density at radius 1 is 1.10 bits per heavy atom. The summed E-state index contributed by atoms with van der Waals surface area (Å²) in [6.07, 6.45) is 3.68. The number of fused-ring (bicyclic) bond motifs is 1. The molecule has 0 fully saturated rings. The van der Waals surface area contributed by atoms with Gasteiger partial charge in [-0.2, -0.15) is 5.10 Å². The van der Waals surface area contributed by atoms with Gasteiger partial charge in [0.05, 0.1) is 11.6 Å². The molecule has 0 bridgehead atoms. The van der Waals surface area contributed by atoms with E-state index >= 15 is 0 Å². The number of carbonyl (C=O) groups is 1. The number of aryl methyl sites for hydroxylation is 3. The van der Waals surface area contributed by atoms with Gasteiger partial charge in [-0.1, -0.05) is 43.2 Å². The van der Waals surface area contributed by atoms with Crippen molar-refractivity contribution in [2.24, 2.45) is 0 Å². The maximum atomic E-state index is 13.1. The average Bonchev–Trinajstić information content (AvgIpc) is 2.94. The van der Waals surface area contributed by atoms with Crippen LogP contribution in [0.5, 0.6) is 0 Å². The van der Waals surface area contributed by atoms with Crippen LogP contribution >= 0.6 is 0 Å². The molecule has 1 amide bonds. The van der Waals surface area contributed by atoms with Crippen molar-refractivity contribution in [1.29, 1.82) is 0 Å². The van der Waals surface area contributed by atoms with Gasteiger partial charge in [0, 0.05) is 36.9 Å². The summed E-state index contributed by atoms with van der Waals surface area (Å²) in [5.41, 5.74) is 4.12. The van der Waals surface area contributed by atoms with E-state index in [1.165, 1.54) is 15.8 Å². The van der Waals surface area contributed by atoms with Crippen molar-refractivity contribution in [3.05, 3.63) is 63.3 Å². The standard InChI is InChI=1S/C23H30N4O2/c1-6-7-12-25(5)21(28)15-27-23(29)22-18(4)26(17(3)20(22)13-24-27)14-19-10-8-16(2)9-11-19/h8-11,13H,6-7,12,14-15H2,1-5H3. The quantitative estimate of drug-likeness (QED) is 0.617. The molecule has 0 aliphatic heterocycles. The van der Waals surface area contributed by atoms with Gasteiger partial charge >= 0.3 is 0 Å². The lowest BCUT2D eigenvalue weighted by Gasteiger charge is -2.16. The maximum absolute atomic E-state index is 13.1. The van der Waals surface area contributed by atoms with Crippen molar-refractivity contribution in [2.45, 2.75) is 53.6 Å². The van der Waals surface area contributed by atoms with Crippen LogP contribution in [0.3, 0.4) is 0 Å². The van der Waals surface area contributed by atoms with E-state index in [2.05, 4.69) is 47.8 Å².